The molecule has 10 heteroatoms. The minimum Gasteiger partial charge on any atom is -0.463 e. The van der Waals surface area contributed by atoms with Gasteiger partial charge in [0, 0.05) is 12.3 Å². The predicted octanol–water partition coefficient (Wildman–Crippen LogP) is -0.629. The molecule has 134 valence electrons. The van der Waals surface area contributed by atoms with Crippen molar-refractivity contribution in [3.63, 3.8) is 0 Å². The molecule has 2 aliphatic rings. The number of carbonyl (C=O) groups excluding carboxylic acids is 1. The van der Waals surface area contributed by atoms with Crippen LogP contribution in [0.4, 0.5) is 5.82 Å². The van der Waals surface area contributed by atoms with Gasteiger partial charge in [-0.25, -0.2) is 15.0 Å². The Morgan fingerprint density at radius 2 is 2.08 bits per heavy atom. The molecule has 2 fully saturated rings. The van der Waals surface area contributed by atoms with Crippen molar-refractivity contribution in [2.24, 2.45) is 5.41 Å². The van der Waals surface area contributed by atoms with E-state index in [0.29, 0.717) is 11.2 Å². The van der Waals surface area contributed by atoms with Crippen molar-refractivity contribution in [1.29, 1.82) is 0 Å². The number of aromatic nitrogens is 4. The maximum absolute atomic E-state index is 11.2. The lowest BCUT2D eigenvalue weighted by Crippen LogP contribution is -2.37. The number of nitrogens with zero attached hydrogens (tertiary/aromatic N) is 4. The third-order valence-electron chi connectivity index (χ3n) is 5.62. The Hall–Kier alpha value is -2.30. The van der Waals surface area contributed by atoms with Crippen molar-refractivity contribution in [2.45, 2.75) is 44.3 Å². The van der Waals surface area contributed by atoms with Gasteiger partial charge in [-0.1, -0.05) is 13.8 Å². The lowest BCUT2D eigenvalue weighted by atomic mass is 10.0. The molecule has 1 saturated carbocycles. The maximum atomic E-state index is 11.2. The van der Waals surface area contributed by atoms with E-state index in [1.165, 1.54) is 24.1 Å². The van der Waals surface area contributed by atoms with E-state index in [-0.39, 0.29) is 12.4 Å². The van der Waals surface area contributed by atoms with E-state index in [1.807, 2.05) is 0 Å². The van der Waals surface area contributed by atoms with E-state index in [9.17, 15) is 15.0 Å². The number of anilines is 1. The third kappa shape index (κ3) is 1.68. The number of imidazole rings is 1. The van der Waals surface area contributed by atoms with Crippen LogP contribution in [0.15, 0.2) is 12.7 Å². The number of hydrogen-bond acceptors (Lipinski definition) is 9. The fourth-order valence-electron chi connectivity index (χ4n) is 4.06. The number of fused-ring (bicyclic) bond motifs is 2. The van der Waals surface area contributed by atoms with E-state index >= 15 is 0 Å². The second-order valence-corrected chi connectivity index (χ2v) is 7.02. The molecule has 0 unspecified atom stereocenters. The number of rotatable bonds is 3. The lowest BCUT2D eigenvalue weighted by molar-refractivity contribution is -0.156. The zero-order chi connectivity index (χ0) is 18.2. The third-order valence-corrected chi connectivity index (χ3v) is 5.62. The predicted molar refractivity (Wildman–Crippen MR) is 84.0 cm³/mol. The highest BCUT2D eigenvalue weighted by atomic mass is 16.6. The zero-order valence-corrected chi connectivity index (χ0v) is 14.0. The molecule has 4 N–H and O–H groups in total. The number of aliphatic hydroxyl groups is 2. The van der Waals surface area contributed by atoms with Crippen LogP contribution in [0.5, 0.6) is 0 Å². The van der Waals surface area contributed by atoms with Crippen LogP contribution in [0, 0.1) is 5.41 Å². The number of ether oxygens (including phenoxy) is 2. The molecule has 1 aliphatic heterocycles. The van der Waals surface area contributed by atoms with Gasteiger partial charge >= 0.3 is 5.97 Å². The van der Waals surface area contributed by atoms with Crippen LogP contribution in [-0.2, 0) is 14.3 Å². The number of esters is 1. The van der Waals surface area contributed by atoms with Crippen molar-refractivity contribution >= 4 is 23.0 Å². The maximum Gasteiger partial charge on any atom is 0.302 e. The fraction of sp³-hybridized carbons (Fsp3) is 0.600. The van der Waals surface area contributed by atoms with Gasteiger partial charge < -0.3 is 25.4 Å². The lowest BCUT2D eigenvalue weighted by Gasteiger charge is -2.27. The van der Waals surface area contributed by atoms with Crippen molar-refractivity contribution in [3.05, 3.63) is 12.7 Å². The molecule has 4 atom stereocenters. The molecular formula is C15H19N5O5. The Morgan fingerprint density at radius 1 is 1.36 bits per heavy atom. The van der Waals surface area contributed by atoms with Gasteiger partial charge in [-0.3, -0.25) is 9.36 Å². The first-order valence-electron chi connectivity index (χ1n) is 7.83. The highest BCUT2D eigenvalue weighted by Gasteiger charge is 2.92. The van der Waals surface area contributed by atoms with E-state index in [4.69, 9.17) is 15.2 Å². The summed E-state index contributed by atoms with van der Waals surface area (Å²) in [6, 6.07) is 0. The van der Waals surface area contributed by atoms with E-state index in [0.717, 1.165) is 0 Å². The van der Waals surface area contributed by atoms with E-state index < -0.39 is 34.9 Å². The summed E-state index contributed by atoms with van der Waals surface area (Å²) >= 11 is 0. The molecule has 0 spiro atoms. The number of hydrogen-bond donors (Lipinski definition) is 3. The molecule has 0 amide bonds. The van der Waals surface area contributed by atoms with Crippen molar-refractivity contribution in [2.75, 3.05) is 12.3 Å². The minimum atomic E-state index is -1.60. The fourth-order valence-corrected chi connectivity index (χ4v) is 4.06. The average Bonchev–Trinajstić information content (AvgIpc) is 2.92. The summed E-state index contributed by atoms with van der Waals surface area (Å²) in [6.45, 7) is 4.55. The van der Waals surface area contributed by atoms with Crippen molar-refractivity contribution < 1.29 is 24.5 Å². The van der Waals surface area contributed by atoms with Crippen LogP contribution >= 0.6 is 0 Å². The minimum absolute atomic E-state index is 0.169. The van der Waals surface area contributed by atoms with E-state index in [1.54, 1.807) is 13.8 Å². The Labute approximate surface area is 142 Å². The highest BCUT2D eigenvalue weighted by Crippen LogP contribution is 2.75. The van der Waals surface area contributed by atoms with Gasteiger partial charge in [-0.05, 0) is 0 Å². The van der Waals surface area contributed by atoms with Crippen LogP contribution in [0.25, 0.3) is 11.2 Å². The first-order chi connectivity index (χ1) is 11.7. The Balaban J connectivity index is 1.78. The Bertz CT molecular complexity index is 882. The summed E-state index contributed by atoms with van der Waals surface area (Å²) in [7, 11) is 0. The largest absolute Gasteiger partial charge is 0.463 e. The van der Waals surface area contributed by atoms with Crippen molar-refractivity contribution in [1.82, 2.24) is 19.5 Å². The van der Waals surface area contributed by atoms with E-state index in [2.05, 4.69) is 15.0 Å². The zero-order valence-electron chi connectivity index (χ0n) is 14.0. The van der Waals surface area contributed by atoms with Gasteiger partial charge in [0.25, 0.3) is 0 Å². The van der Waals surface area contributed by atoms with Crippen LogP contribution in [0.1, 0.15) is 27.0 Å². The monoisotopic (exact) mass is 349 g/mol. The molecule has 0 radical (unpaired) electrons. The Kier molecular flexibility index (Phi) is 3.01. The average molecular weight is 349 g/mol. The van der Waals surface area contributed by atoms with Crippen molar-refractivity contribution in [3.8, 4) is 0 Å². The molecule has 2 aromatic heterocycles. The quantitative estimate of drug-likeness (QED) is 0.616. The SMILES string of the molecule is CC(=O)OC[C@H]1O[C@@H](n2cnc3c(N)ncnc32)[C@@]2(O)C(C)(C)[C@@]12O. The smallest absolute Gasteiger partial charge is 0.302 e. The summed E-state index contributed by atoms with van der Waals surface area (Å²) < 4.78 is 12.4. The van der Waals surface area contributed by atoms with Crippen LogP contribution in [-0.4, -0.2) is 59.6 Å². The van der Waals surface area contributed by atoms with Gasteiger partial charge in [-0.15, -0.1) is 0 Å². The molecule has 0 bridgehead atoms. The molecule has 3 heterocycles. The normalized spacial score (nSPS) is 35.6. The number of nitrogen functional groups attached to an aromatic ring is 1. The summed E-state index contributed by atoms with van der Waals surface area (Å²) in [5.74, 6) is -0.290. The van der Waals surface area contributed by atoms with Gasteiger partial charge in [-0.2, -0.15) is 0 Å². The molecular weight excluding hydrogens is 330 g/mol. The number of nitrogens with two attached hydrogens (primary N) is 1. The molecule has 1 saturated heterocycles. The summed E-state index contributed by atoms with van der Waals surface area (Å²) in [4.78, 5) is 23.3. The molecule has 1 aliphatic carbocycles. The van der Waals surface area contributed by atoms with Crippen LogP contribution < -0.4 is 5.73 Å². The first kappa shape index (κ1) is 16.2. The second kappa shape index (κ2) is 4.65. The topological polar surface area (TPSA) is 146 Å². The molecule has 25 heavy (non-hydrogen) atoms. The van der Waals surface area contributed by atoms with Crippen LogP contribution in [0.3, 0.4) is 0 Å². The number of carbonyl (C=O) groups is 1. The van der Waals surface area contributed by atoms with Gasteiger partial charge in [0.15, 0.2) is 17.7 Å². The molecule has 2 aromatic rings. The molecule has 0 aromatic carbocycles. The molecule has 4 rings (SSSR count). The van der Waals surface area contributed by atoms with Gasteiger partial charge in [0.1, 0.15) is 35.8 Å². The summed E-state index contributed by atoms with van der Waals surface area (Å²) in [5, 5.41) is 22.3. The molecule has 10 nitrogen and oxygen atoms in total. The second-order valence-electron chi connectivity index (χ2n) is 7.02. The Morgan fingerprint density at radius 3 is 2.76 bits per heavy atom. The first-order valence-corrected chi connectivity index (χ1v) is 7.83. The summed E-state index contributed by atoms with van der Waals surface area (Å²) in [6.07, 6.45) is 0.863. The van der Waals surface area contributed by atoms with Gasteiger partial charge in [0.05, 0.1) is 6.33 Å². The highest BCUT2D eigenvalue weighted by molar-refractivity contribution is 5.81. The van der Waals surface area contributed by atoms with Gasteiger partial charge in [0.2, 0.25) is 0 Å². The summed E-state index contributed by atoms with van der Waals surface area (Å²) in [5.41, 5.74) is 2.49. The standard InChI is InChI=1S/C15H19N5O5/c1-7(21)24-4-8-14(22)13(2,3)15(14,23)12(25-8)20-6-19-9-10(16)17-5-18-11(9)20/h5-6,8,12,22-23H,4H2,1-3H3,(H2,16,17,18)/t8-,12-,14+,15-/m1/s1. The van der Waals surface area contributed by atoms with Crippen LogP contribution in [0.2, 0.25) is 0 Å².